The van der Waals surface area contributed by atoms with Crippen LogP contribution in [0.2, 0.25) is 0 Å². The number of amides is 1. The molecule has 1 amide bonds. The summed E-state index contributed by atoms with van der Waals surface area (Å²) in [4.78, 5) is 16.1. The third-order valence-corrected chi connectivity index (χ3v) is 4.09. The van der Waals surface area contributed by atoms with Crippen LogP contribution in [0.15, 0.2) is 12.1 Å². The second-order valence-corrected chi connectivity index (χ2v) is 5.64. The number of aromatic nitrogens is 1. The third kappa shape index (κ3) is 3.13. The predicted octanol–water partition coefficient (Wildman–Crippen LogP) is 2.48. The molecule has 1 aromatic carbocycles. The number of rotatable bonds is 6. The van der Waals surface area contributed by atoms with Gasteiger partial charge in [0, 0.05) is 23.9 Å². The van der Waals surface area contributed by atoms with Crippen LogP contribution in [0, 0.1) is 19.3 Å². The van der Waals surface area contributed by atoms with E-state index in [2.05, 4.69) is 10.3 Å². The number of methoxy groups -OCH3 is 1. The minimum Gasteiger partial charge on any atom is -0.496 e. The molecule has 0 aliphatic carbocycles. The highest BCUT2D eigenvalue weighted by Gasteiger charge is 2.23. The maximum absolute atomic E-state index is 11.8. The fourth-order valence-corrected chi connectivity index (χ4v) is 2.95. The van der Waals surface area contributed by atoms with Crippen molar-refractivity contribution in [2.45, 2.75) is 20.8 Å². The van der Waals surface area contributed by atoms with Gasteiger partial charge in [-0.25, -0.2) is 4.98 Å². The highest BCUT2D eigenvalue weighted by Crippen LogP contribution is 2.40. The molecule has 0 saturated heterocycles. The lowest BCUT2D eigenvalue weighted by molar-refractivity contribution is 0.0996. The minimum absolute atomic E-state index is 0.0156. The van der Waals surface area contributed by atoms with Gasteiger partial charge in [0.15, 0.2) is 5.69 Å². The topological polar surface area (TPSA) is 127 Å². The molecular formula is C18H23N5O2. The fourth-order valence-electron chi connectivity index (χ4n) is 2.95. The largest absolute Gasteiger partial charge is 0.496 e. The summed E-state index contributed by atoms with van der Waals surface area (Å²) in [5.41, 5.74) is 15.5. The molecule has 1 heterocycles. The van der Waals surface area contributed by atoms with Crippen LogP contribution in [-0.4, -0.2) is 30.8 Å². The van der Waals surface area contributed by atoms with Crippen molar-refractivity contribution in [3.63, 3.8) is 0 Å². The molecule has 0 aliphatic rings. The Labute approximate surface area is 146 Å². The van der Waals surface area contributed by atoms with Crippen molar-refractivity contribution in [1.29, 1.82) is 5.41 Å². The van der Waals surface area contributed by atoms with Gasteiger partial charge < -0.3 is 26.9 Å². The molecule has 0 saturated carbocycles. The number of pyridine rings is 1. The van der Waals surface area contributed by atoms with E-state index >= 15 is 0 Å². The molecule has 0 unspecified atom stereocenters. The number of ether oxygens (including phenoxy) is 1. The van der Waals surface area contributed by atoms with Crippen molar-refractivity contribution in [3.05, 3.63) is 34.5 Å². The molecule has 2 rings (SSSR count). The van der Waals surface area contributed by atoms with E-state index < -0.39 is 5.91 Å². The highest BCUT2D eigenvalue weighted by molar-refractivity contribution is 6.07. The lowest BCUT2D eigenvalue weighted by Crippen LogP contribution is -2.19. The Balaban J connectivity index is 2.98. The summed E-state index contributed by atoms with van der Waals surface area (Å²) in [5, 5.41) is 10.9. The molecule has 6 N–H and O–H groups in total. The van der Waals surface area contributed by atoms with Crippen LogP contribution < -0.4 is 21.5 Å². The Morgan fingerprint density at radius 2 is 2.04 bits per heavy atom. The van der Waals surface area contributed by atoms with Crippen LogP contribution in [0.3, 0.4) is 0 Å². The summed E-state index contributed by atoms with van der Waals surface area (Å²) < 4.78 is 5.41. The number of hydrogen-bond donors (Lipinski definition) is 4. The quantitative estimate of drug-likeness (QED) is 0.600. The van der Waals surface area contributed by atoms with E-state index in [-0.39, 0.29) is 11.4 Å². The molecule has 7 nitrogen and oxygen atoms in total. The van der Waals surface area contributed by atoms with E-state index in [1.807, 2.05) is 32.9 Å². The average Bonchev–Trinajstić information content (AvgIpc) is 2.57. The first-order valence-corrected chi connectivity index (χ1v) is 7.89. The molecule has 0 aliphatic heterocycles. The second kappa shape index (κ2) is 7.21. The van der Waals surface area contributed by atoms with Crippen molar-refractivity contribution in [2.24, 2.45) is 5.73 Å². The number of hydrogen-bond acceptors (Lipinski definition) is 6. The Hall–Kier alpha value is -3.09. The van der Waals surface area contributed by atoms with Crippen molar-refractivity contribution < 1.29 is 9.53 Å². The van der Waals surface area contributed by atoms with Gasteiger partial charge in [-0.1, -0.05) is 6.07 Å². The Morgan fingerprint density at radius 3 is 2.56 bits per heavy atom. The monoisotopic (exact) mass is 341 g/mol. The van der Waals surface area contributed by atoms with Gasteiger partial charge in [-0.3, -0.25) is 4.79 Å². The first-order valence-electron chi connectivity index (χ1n) is 7.89. The fraction of sp³-hybridized carbons (Fsp3) is 0.278. The summed E-state index contributed by atoms with van der Waals surface area (Å²) in [6, 6.07) is 3.78. The summed E-state index contributed by atoms with van der Waals surface area (Å²) >= 11 is 0. The normalized spacial score (nSPS) is 10.4. The molecule has 25 heavy (non-hydrogen) atoms. The summed E-state index contributed by atoms with van der Waals surface area (Å²) in [7, 11) is 1.59. The molecule has 7 heteroatoms. The van der Waals surface area contributed by atoms with E-state index in [1.165, 1.54) is 6.21 Å². The zero-order chi connectivity index (χ0) is 18.7. The molecular weight excluding hydrogens is 318 g/mol. The van der Waals surface area contributed by atoms with Crippen LogP contribution >= 0.6 is 0 Å². The molecule has 132 valence electrons. The second-order valence-electron chi connectivity index (χ2n) is 5.64. The predicted molar refractivity (Wildman–Crippen MR) is 101 cm³/mol. The van der Waals surface area contributed by atoms with Gasteiger partial charge in [-0.2, -0.15) is 0 Å². The number of primary amides is 1. The van der Waals surface area contributed by atoms with Gasteiger partial charge in [-0.15, -0.1) is 0 Å². The molecule has 1 aromatic heterocycles. The van der Waals surface area contributed by atoms with Crippen LogP contribution in [0.1, 0.15) is 34.1 Å². The van der Waals surface area contributed by atoms with Gasteiger partial charge in [0.05, 0.1) is 12.8 Å². The van der Waals surface area contributed by atoms with E-state index in [1.54, 1.807) is 7.11 Å². The zero-order valence-electron chi connectivity index (χ0n) is 14.9. The molecule has 0 bridgehead atoms. The lowest BCUT2D eigenvalue weighted by atomic mass is 9.90. The van der Waals surface area contributed by atoms with E-state index in [4.69, 9.17) is 21.6 Å². The lowest BCUT2D eigenvalue weighted by Gasteiger charge is -2.20. The van der Waals surface area contributed by atoms with E-state index in [0.29, 0.717) is 29.2 Å². The highest BCUT2D eigenvalue weighted by atomic mass is 16.5. The van der Waals surface area contributed by atoms with Crippen molar-refractivity contribution in [3.8, 4) is 16.9 Å². The number of nitrogens with two attached hydrogens (primary N) is 2. The minimum atomic E-state index is -0.715. The maximum Gasteiger partial charge on any atom is 0.269 e. The van der Waals surface area contributed by atoms with Gasteiger partial charge in [0.2, 0.25) is 0 Å². The van der Waals surface area contributed by atoms with Crippen LogP contribution in [-0.2, 0) is 0 Å². The number of carbonyl (C=O) groups is 1. The summed E-state index contributed by atoms with van der Waals surface area (Å²) in [6.07, 6.45) is 1.18. The number of benzene rings is 1. The van der Waals surface area contributed by atoms with E-state index in [9.17, 15) is 4.79 Å². The van der Waals surface area contributed by atoms with Crippen molar-refractivity contribution in [1.82, 2.24) is 4.98 Å². The standard InChI is InChI=1S/C18H23N5O2/c1-5-22-18-11(8-19)14(15(20)16(23-18)17(21)24)13-9(2)6-7-12(25-4)10(13)3/h6-8,19H,5,20H2,1-4H3,(H2,21,24)(H,22,23). The van der Waals surface area contributed by atoms with E-state index in [0.717, 1.165) is 16.7 Å². The molecule has 0 spiro atoms. The van der Waals surface area contributed by atoms with Gasteiger partial charge >= 0.3 is 0 Å². The van der Waals surface area contributed by atoms with Crippen molar-refractivity contribution in [2.75, 3.05) is 24.7 Å². The van der Waals surface area contributed by atoms with Crippen LogP contribution in [0.5, 0.6) is 5.75 Å². The summed E-state index contributed by atoms with van der Waals surface area (Å²) in [5.74, 6) is 0.378. The Kier molecular flexibility index (Phi) is 5.26. The van der Waals surface area contributed by atoms with Gasteiger partial charge in [-0.05, 0) is 43.5 Å². The number of anilines is 2. The molecule has 0 atom stereocenters. The smallest absolute Gasteiger partial charge is 0.269 e. The average molecular weight is 341 g/mol. The molecule has 0 fully saturated rings. The number of nitrogen functional groups attached to an aromatic ring is 1. The Morgan fingerprint density at radius 1 is 1.36 bits per heavy atom. The van der Waals surface area contributed by atoms with Gasteiger partial charge in [0.1, 0.15) is 11.6 Å². The number of nitrogens with zero attached hydrogens (tertiary/aromatic N) is 1. The SMILES string of the molecule is CCNc1nc(C(N)=O)c(N)c(-c2c(C)ccc(OC)c2C)c1C=N. The van der Waals surface area contributed by atoms with Crippen LogP contribution in [0.4, 0.5) is 11.5 Å². The molecule has 2 aromatic rings. The number of aryl methyl sites for hydroxylation is 1. The summed E-state index contributed by atoms with van der Waals surface area (Å²) in [6.45, 7) is 6.32. The zero-order valence-corrected chi connectivity index (χ0v) is 14.9. The first kappa shape index (κ1) is 18.3. The van der Waals surface area contributed by atoms with Crippen LogP contribution in [0.25, 0.3) is 11.1 Å². The van der Waals surface area contributed by atoms with Crippen molar-refractivity contribution >= 4 is 23.6 Å². The maximum atomic E-state index is 11.8. The number of carbonyl (C=O) groups excluding carboxylic acids is 1. The number of nitrogens with one attached hydrogen (secondary N) is 2. The Bertz CT molecular complexity index is 846. The third-order valence-electron chi connectivity index (χ3n) is 4.09. The molecule has 0 radical (unpaired) electrons. The first-order chi connectivity index (χ1) is 11.9. The van der Waals surface area contributed by atoms with Gasteiger partial charge in [0.25, 0.3) is 5.91 Å².